The smallest absolute Gasteiger partial charge is 0.161 e. The van der Waals surface area contributed by atoms with E-state index in [2.05, 4.69) is 48.5 Å². The molecule has 0 radical (unpaired) electrons. The molecule has 114 valence electrons. The second-order valence-electron chi connectivity index (χ2n) is 5.20. The van der Waals surface area contributed by atoms with E-state index in [4.69, 9.17) is 4.74 Å². The van der Waals surface area contributed by atoms with Gasteiger partial charge in [0.05, 0.1) is 19.3 Å². The summed E-state index contributed by atoms with van der Waals surface area (Å²) in [5.74, 6) is 0.825. The summed E-state index contributed by atoms with van der Waals surface area (Å²) in [4.78, 5) is 0. The topological polar surface area (TPSA) is 39.1 Å². The molecule has 4 heteroatoms. The number of nitrogens with one attached hydrogen (secondary N) is 1. The largest absolute Gasteiger partial charge is 0.493 e. The van der Waals surface area contributed by atoms with Gasteiger partial charge < -0.3 is 10.1 Å². The van der Waals surface area contributed by atoms with Gasteiger partial charge in [0, 0.05) is 7.05 Å². The van der Waals surface area contributed by atoms with E-state index in [1.54, 1.807) is 13.3 Å². The molecular formula is C17H25N3O. The average molecular weight is 287 g/mol. The van der Waals surface area contributed by atoms with Crippen LogP contribution in [-0.2, 0) is 13.5 Å². The molecule has 1 heterocycles. The van der Waals surface area contributed by atoms with Crippen molar-refractivity contribution in [3.05, 3.63) is 47.3 Å². The lowest BCUT2D eigenvalue weighted by molar-refractivity contribution is 0.400. The average Bonchev–Trinajstić information content (AvgIpc) is 2.89. The first-order valence-corrected chi connectivity index (χ1v) is 7.59. The standard InChI is InChI=1S/C17H25N3O/c1-5-11-18-16(14-9-7-13(6-2)8-10-14)17-15(21-4)12-19-20(17)3/h7-10,12,16,18H,5-6,11H2,1-4H3. The molecule has 1 aromatic carbocycles. The van der Waals surface area contributed by atoms with Gasteiger partial charge in [0.1, 0.15) is 5.69 Å². The number of aromatic nitrogens is 2. The highest BCUT2D eigenvalue weighted by Gasteiger charge is 2.21. The van der Waals surface area contributed by atoms with E-state index in [1.807, 2.05) is 11.7 Å². The van der Waals surface area contributed by atoms with Crippen LogP contribution < -0.4 is 10.1 Å². The lowest BCUT2D eigenvalue weighted by atomic mass is 10.0. The van der Waals surface area contributed by atoms with E-state index in [0.717, 1.165) is 30.8 Å². The minimum atomic E-state index is 0.0957. The molecule has 0 spiro atoms. The van der Waals surface area contributed by atoms with Gasteiger partial charge in [-0.25, -0.2) is 0 Å². The van der Waals surface area contributed by atoms with Crippen molar-refractivity contribution in [1.29, 1.82) is 0 Å². The zero-order chi connectivity index (χ0) is 15.2. The Hall–Kier alpha value is -1.81. The second kappa shape index (κ2) is 7.27. The van der Waals surface area contributed by atoms with Crippen molar-refractivity contribution >= 4 is 0 Å². The third-order valence-electron chi connectivity index (χ3n) is 3.76. The molecule has 21 heavy (non-hydrogen) atoms. The van der Waals surface area contributed by atoms with Crippen LogP contribution >= 0.6 is 0 Å². The highest BCUT2D eigenvalue weighted by atomic mass is 16.5. The minimum Gasteiger partial charge on any atom is -0.493 e. The van der Waals surface area contributed by atoms with Crippen molar-refractivity contribution in [3.63, 3.8) is 0 Å². The number of hydrogen-bond donors (Lipinski definition) is 1. The molecule has 0 aliphatic rings. The Morgan fingerprint density at radius 3 is 2.52 bits per heavy atom. The van der Waals surface area contributed by atoms with Gasteiger partial charge in [-0.2, -0.15) is 5.10 Å². The molecule has 4 nitrogen and oxygen atoms in total. The molecule has 1 unspecified atom stereocenters. The molecule has 0 fully saturated rings. The molecule has 1 aromatic heterocycles. The fourth-order valence-corrected chi connectivity index (χ4v) is 2.52. The lowest BCUT2D eigenvalue weighted by Gasteiger charge is -2.21. The minimum absolute atomic E-state index is 0.0957. The second-order valence-corrected chi connectivity index (χ2v) is 5.20. The molecule has 0 aliphatic carbocycles. The van der Waals surface area contributed by atoms with Gasteiger partial charge in [-0.15, -0.1) is 0 Å². The molecule has 0 saturated carbocycles. The maximum atomic E-state index is 5.47. The summed E-state index contributed by atoms with van der Waals surface area (Å²) in [5, 5.41) is 7.93. The van der Waals surface area contributed by atoms with Crippen LogP contribution in [-0.4, -0.2) is 23.4 Å². The summed E-state index contributed by atoms with van der Waals surface area (Å²) in [6.07, 6.45) is 3.92. The molecular weight excluding hydrogens is 262 g/mol. The number of ether oxygens (including phenoxy) is 1. The van der Waals surface area contributed by atoms with Gasteiger partial charge in [-0.3, -0.25) is 4.68 Å². The Balaban J connectivity index is 2.39. The number of nitrogens with zero attached hydrogens (tertiary/aromatic N) is 2. The fourth-order valence-electron chi connectivity index (χ4n) is 2.52. The fraction of sp³-hybridized carbons (Fsp3) is 0.471. The van der Waals surface area contributed by atoms with E-state index < -0.39 is 0 Å². The van der Waals surface area contributed by atoms with Crippen LogP contribution in [0.5, 0.6) is 5.75 Å². The van der Waals surface area contributed by atoms with Gasteiger partial charge in [0.2, 0.25) is 0 Å². The molecule has 0 saturated heterocycles. The van der Waals surface area contributed by atoms with Crippen molar-refractivity contribution in [2.24, 2.45) is 7.05 Å². The zero-order valence-corrected chi connectivity index (χ0v) is 13.4. The predicted molar refractivity (Wildman–Crippen MR) is 85.7 cm³/mol. The monoisotopic (exact) mass is 287 g/mol. The molecule has 0 bridgehead atoms. The Morgan fingerprint density at radius 1 is 1.24 bits per heavy atom. The summed E-state index contributed by atoms with van der Waals surface area (Å²) in [7, 11) is 3.65. The van der Waals surface area contributed by atoms with E-state index in [0.29, 0.717) is 0 Å². The van der Waals surface area contributed by atoms with Crippen LogP contribution in [0.4, 0.5) is 0 Å². The zero-order valence-electron chi connectivity index (χ0n) is 13.4. The Labute approximate surface area is 127 Å². The molecule has 1 atom stereocenters. The molecule has 0 aliphatic heterocycles. The molecule has 2 rings (SSSR count). The quantitative estimate of drug-likeness (QED) is 0.850. The first-order chi connectivity index (χ1) is 10.2. The van der Waals surface area contributed by atoms with E-state index >= 15 is 0 Å². The summed E-state index contributed by atoms with van der Waals surface area (Å²) in [5.41, 5.74) is 3.66. The van der Waals surface area contributed by atoms with Gasteiger partial charge in [-0.05, 0) is 30.5 Å². The number of benzene rings is 1. The summed E-state index contributed by atoms with van der Waals surface area (Å²) in [6, 6.07) is 8.87. The third-order valence-corrected chi connectivity index (χ3v) is 3.76. The maximum absolute atomic E-state index is 5.47. The Kier molecular flexibility index (Phi) is 5.39. The van der Waals surface area contributed by atoms with Crippen LogP contribution in [0.3, 0.4) is 0 Å². The maximum Gasteiger partial charge on any atom is 0.161 e. The van der Waals surface area contributed by atoms with Crippen molar-refractivity contribution < 1.29 is 4.74 Å². The molecule has 0 amide bonds. The summed E-state index contributed by atoms with van der Waals surface area (Å²) >= 11 is 0. The number of rotatable bonds is 7. The Morgan fingerprint density at radius 2 is 1.95 bits per heavy atom. The van der Waals surface area contributed by atoms with Crippen molar-refractivity contribution in [2.45, 2.75) is 32.7 Å². The third kappa shape index (κ3) is 3.45. The number of methoxy groups -OCH3 is 1. The normalized spacial score (nSPS) is 12.4. The highest BCUT2D eigenvalue weighted by molar-refractivity contribution is 5.37. The summed E-state index contributed by atoms with van der Waals surface area (Å²) < 4.78 is 7.36. The molecule has 2 aromatic rings. The van der Waals surface area contributed by atoms with Gasteiger partial charge in [0.15, 0.2) is 5.75 Å². The predicted octanol–water partition coefficient (Wildman–Crippen LogP) is 3.08. The van der Waals surface area contributed by atoms with E-state index in [1.165, 1.54) is 11.1 Å². The van der Waals surface area contributed by atoms with E-state index in [-0.39, 0.29) is 6.04 Å². The first kappa shape index (κ1) is 15.6. The van der Waals surface area contributed by atoms with Crippen LogP contribution in [0.25, 0.3) is 0 Å². The number of hydrogen-bond acceptors (Lipinski definition) is 3. The number of aryl methyl sites for hydroxylation is 2. The first-order valence-electron chi connectivity index (χ1n) is 7.59. The summed E-state index contributed by atoms with van der Waals surface area (Å²) in [6.45, 7) is 5.30. The van der Waals surface area contributed by atoms with Crippen LogP contribution in [0.15, 0.2) is 30.5 Å². The van der Waals surface area contributed by atoms with Gasteiger partial charge in [0.25, 0.3) is 0 Å². The highest BCUT2D eigenvalue weighted by Crippen LogP contribution is 2.29. The van der Waals surface area contributed by atoms with Crippen LogP contribution in [0, 0.1) is 0 Å². The lowest BCUT2D eigenvalue weighted by Crippen LogP contribution is -2.25. The molecule has 1 N–H and O–H groups in total. The van der Waals surface area contributed by atoms with Gasteiger partial charge in [-0.1, -0.05) is 38.1 Å². The Bertz CT molecular complexity index is 560. The van der Waals surface area contributed by atoms with Crippen LogP contribution in [0.2, 0.25) is 0 Å². The van der Waals surface area contributed by atoms with Crippen molar-refractivity contribution in [2.75, 3.05) is 13.7 Å². The van der Waals surface area contributed by atoms with Crippen molar-refractivity contribution in [1.82, 2.24) is 15.1 Å². The van der Waals surface area contributed by atoms with Crippen molar-refractivity contribution in [3.8, 4) is 5.75 Å². The van der Waals surface area contributed by atoms with Gasteiger partial charge >= 0.3 is 0 Å². The van der Waals surface area contributed by atoms with Crippen LogP contribution in [0.1, 0.15) is 43.1 Å². The SMILES string of the molecule is CCCNC(c1ccc(CC)cc1)c1c(OC)cnn1C. The van der Waals surface area contributed by atoms with E-state index in [9.17, 15) is 0 Å².